The number of benzene rings is 3. The second kappa shape index (κ2) is 9.06. The molecule has 4 aromatic rings. The van der Waals surface area contributed by atoms with Crippen molar-refractivity contribution < 1.29 is 18.7 Å². The number of carbonyl (C=O) groups excluding carboxylic acids is 1. The first-order chi connectivity index (χ1) is 15.7. The molecule has 1 aliphatic rings. The zero-order valence-electron chi connectivity index (χ0n) is 17.2. The van der Waals surface area contributed by atoms with Gasteiger partial charge in [0.15, 0.2) is 5.13 Å². The Morgan fingerprint density at radius 1 is 1.09 bits per heavy atom. The Morgan fingerprint density at radius 2 is 1.94 bits per heavy atom. The monoisotopic (exact) mass is 448 g/mol. The largest absolute Gasteiger partial charge is 0.457 e. The standard InChI is InChI=1S/C25H21FN2O3S/c26-18-11-12-22-23(15-18)32-25(27-22)28(16-21-10-5-13-30-21)24(29)17-6-4-9-20(14-17)31-19-7-2-1-3-8-19/h1-4,6-9,11-12,14-15,21H,5,10,13,16H2. The molecule has 1 aromatic heterocycles. The van der Waals surface area contributed by atoms with Gasteiger partial charge in [0.25, 0.3) is 5.91 Å². The van der Waals surface area contributed by atoms with Crippen LogP contribution >= 0.6 is 11.3 Å². The van der Waals surface area contributed by atoms with Gasteiger partial charge in [0.05, 0.1) is 22.9 Å². The van der Waals surface area contributed by atoms with E-state index in [-0.39, 0.29) is 17.8 Å². The number of anilines is 1. The molecule has 0 N–H and O–H groups in total. The van der Waals surface area contributed by atoms with Crippen molar-refractivity contribution in [3.63, 3.8) is 0 Å². The number of thiazole rings is 1. The molecule has 0 radical (unpaired) electrons. The fraction of sp³-hybridized carbons (Fsp3) is 0.200. The van der Waals surface area contributed by atoms with Gasteiger partial charge in [-0.25, -0.2) is 9.37 Å². The first-order valence-corrected chi connectivity index (χ1v) is 11.3. The van der Waals surface area contributed by atoms with E-state index in [1.54, 1.807) is 29.2 Å². The number of nitrogens with zero attached hydrogens (tertiary/aromatic N) is 2. The molecule has 5 nitrogen and oxygen atoms in total. The third kappa shape index (κ3) is 4.49. The Kier molecular flexibility index (Phi) is 5.83. The first-order valence-electron chi connectivity index (χ1n) is 10.5. The molecular formula is C25H21FN2O3S. The molecule has 32 heavy (non-hydrogen) atoms. The van der Waals surface area contributed by atoms with Gasteiger partial charge in [0, 0.05) is 12.2 Å². The van der Waals surface area contributed by atoms with Crippen LogP contribution in [0.2, 0.25) is 0 Å². The molecule has 2 heterocycles. The van der Waals surface area contributed by atoms with Crippen LogP contribution < -0.4 is 9.64 Å². The molecule has 0 bridgehead atoms. The summed E-state index contributed by atoms with van der Waals surface area (Å²) in [4.78, 5) is 19.8. The molecule has 0 spiro atoms. The number of rotatable bonds is 6. The summed E-state index contributed by atoms with van der Waals surface area (Å²) in [5.41, 5.74) is 1.15. The highest BCUT2D eigenvalue weighted by Gasteiger charge is 2.27. The molecule has 1 unspecified atom stereocenters. The lowest BCUT2D eigenvalue weighted by Crippen LogP contribution is -2.37. The predicted molar refractivity (Wildman–Crippen MR) is 123 cm³/mol. The molecule has 3 aromatic carbocycles. The lowest BCUT2D eigenvalue weighted by Gasteiger charge is -2.23. The fourth-order valence-electron chi connectivity index (χ4n) is 3.71. The van der Waals surface area contributed by atoms with E-state index < -0.39 is 0 Å². The van der Waals surface area contributed by atoms with E-state index in [0.29, 0.717) is 45.6 Å². The van der Waals surface area contributed by atoms with E-state index in [1.165, 1.54) is 23.5 Å². The van der Waals surface area contributed by atoms with Gasteiger partial charge in [-0.3, -0.25) is 9.69 Å². The SMILES string of the molecule is O=C(c1cccc(Oc2ccccc2)c1)N(CC1CCCO1)c1nc2ccc(F)cc2s1. The van der Waals surface area contributed by atoms with E-state index in [4.69, 9.17) is 9.47 Å². The van der Waals surface area contributed by atoms with Crippen molar-refractivity contribution in [2.75, 3.05) is 18.1 Å². The Labute approximate surface area is 189 Å². The second-order valence-corrected chi connectivity index (χ2v) is 8.61. The Hall–Kier alpha value is -3.29. The number of fused-ring (bicyclic) bond motifs is 1. The van der Waals surface area contributed by atoms with Gasteiger partial charge >= 0.3 is 0 Å². The fourth-order valence-corrected chi connectivity index (χ4v) is 4.71. The lowest BCUT2D eigenvalue weighted by molar-refractivity contribution is 0.0917. The van der Waals surface area contributed by atoms with E-state index >= 15 is 0 Å². The van der Waals surface area contributed by atoms with Gasteiger partial charge < -0.3 is 9.47 Å². The van der Waals surface area contributed by atoms with Crippen LogP contribution in [0, 0.1) is 5.82 Å². The molecule has 1 fully saturated rings. The first kappa shape index (κ1) is 20.6. The smallest absolute Gasteiger partial charge is 0.260 e. The summed E-state index contributed by atoms with van der Waals surface area (Å²) < 4.78 is 26.1. The lowest BCUT2D eigenvalue weighted by atomic mass is 10.1. The van der Waals surface area contributed by atoms with E-state index in [0.717, 1.165) is 12.8 Å². The summed E-state index contributed by atoms with van der Waals surface area (Å²) in [6, 6.07) is 21.0. The highest BCUT2D eigenvalue weighted by Crippen LogP contribution is 2.32. The van der Waals surface area contributed by atoms with Crippen LogP contribution in [0.5, 0.6) is 11.5 Å². The quantitative estimate of drug-likeness (QED) is 0.360. The van der Waals surface area contributed by atoms with Crippen LogP contribution in [0.15, 0.2) is 72.8 Å². The third-order valence-corrected chi connectivity index (χ3v) is 6.33. The normalized spacial score (nSPS) is 15.7. The van der Waals surface area contributed by atoms with Crippen molar-refractivity contribution in [1.82, 2.24) is 4.98 Å². The highest BCUT2D eigenvalue weighted by molar-refractivity contribution is 7.22. The topological polar surface area (TPSA) is 51.7 Å². The van der Waals surface area contributed by atoms with Crippen molar-refractivity contribution in [1.29, 1.82) is 0 Å². The van der Waals surface area contributed by atoms with Gasteiger partial charge in [0.1, 0.15) is 17.3 Å². The molecular weight excluding hydrogens is 427 g/mol. The molecule has 162 valence electrons. The van der Waals surface area contributed by atoms with Gasteiger partial charge in [-0.15, -0.1) is 0 Å². The van der Waals surface area contributed by atoms with E-state index in [2.05, 4.69) is 4.98 Å². The maximum absolute atomic E-state index is 13.7. The summed E-state index contributed by atoms with van der Waals surface area (Å²) in [6.45, 7) is 1.09. The minimum atomic E-state index is -0.324. The maximum atomic E-state index is 13.7. The predicted octanol–water partition coefficient (Wildman–Crippen LogP) is 6.05. The van der Waals surface area contributed by atoms with Gasteiger partial charge in [-0.1, -0.05) is 35.6 Å². The van der Waals surface area contributed by atoms with Crippen molar-refractivity contribution in [2.24, 2.45) is 0 Å². The number of para-hydroxylation sites is 1. The Bertz CT molecular complexity index is 1240. The van der Waals surface area contributed by atoms with Crippen molar-refractivity contribution >= 4 is 32.6 Å². The van der Waals surface area contributed by atoms with Crippen molar-refractivity contribution in [3.05, 3.63) is 84.2 Å². The van der Waals surface area contributed by atoms with E-state index in [1.807, 2.05) is 36.4 Å². The van der Waals surface area contributed by atoms with Crippen LogP contribution in [0.3, 0.4) is 0 Å². The number of carbonyl (C=O) groups is 1. The minimum absolute atomic E-state index is 0.0496. The van der Waals surface area contributed by atoms with E-state index in [9.17, 15) is 9.18 Å². The molecule has 7 heteroatoms. The Balaban J connectivity index is 1.46. The average Bonchev–Trinajstić information content (AvgIpc) is 3.47. The zero-order chi connectivity index (χ0) is 21.9. The second-order valence-electron chi connectivity index (χ2n) is 7.60. The average molecular weight is 449 g/mol. The van der Waals surface area contributed by atoms with Crippen LogP contribution in [0.25, 0.3) is 10.2 Å². The number of amides is 1. The number of hydrogen-bond donors (Lipinski definition) is 0. The highest BCUT2D eigenvalue weighted by atomic mass is 32.1. The third-order valence-electron chi connectivity index (χ3n) is 5.29. The molecule has 0 saturated carbocycles. The van der Waals surface area contributed by atoms with Crippen LogP contribution in [0.4, 0.5) is 9.52 Å². The van der Waals surface area contributed by atoms with Crippen LogP contribution in [0.1, 0.15) is 23.2 Å². The zero-order valence-corrected chi connectivity index (χ0v) is 18.1. The van der Waals surface area contributed by atoms with Gasteiger partial charge in [0.2, 0.25) is 0 Å². The van der Waals surface area contributed by atoms with Crippen LogP contribution in [-0.2, 0) is 4.74 Å². The number of halogens is 1. The van der Waals surface area contributed by atoms with Crippen molar-refractivity contribution in [2.45, 2.75) is 18.9 Å². The molecule has 1 aliphatic heterocycles. The summed E-state index contributed by atoms with van der Waals surface area (Å²) in [6.07, 6.45) is 1.81. The molecule has 0 aliphatic carbocycles. The molecule has 1 saturated heterocycles. The summed E-state index contributed by atoms with van der Waals surface area (Å²) in [5.74, 6) is 0.751. The summed E-state index contributed by atoms with van der Waals surface area (Å²) in [5, 5.41) is 0.528. The summed E-state index contributed by atoms with van der Waals surface area (Å²) in [7, 11) is 0. The van der Waals surface area contributed by atoms with Crippen molar-refractivity contribution in [3.8, 4) is 11.5 Å². The maximum Gasteiger partial charge on any atom is 0.260 e. The number of hydrogen-bond acceptors (Lipinski definition) is 5. The molecule has 1 atom stereocenters. The number of ether oxygens (including phenoxy) is 2. The van der Waals surface area contributed by atoms with Crippen LogP contribution in [-0.4, -0.2) is 30.1 Å². The Morgan fingerprint density at radius 3 is 2.75 bits per heavy atom. The van der Waals surface area contributed by atoms with Gasteiger partial charge in [-0.05, 0) is 61.4 Å². The molecule has 5 rings (SSSR count). The number of aromatic nitrogens is 1. The minimum Gasteiger partial charge on any atom is -0.457 e. The van der Waals surface area contributed by atoms with Gasteiger partial charge in [-0.2, -0.15) is 0 Å². The summed E-state index contributed by atoms with van der Waals surface area (Å²) >= 11 is 1.30. The molecule has 1 amide bonds.